The van der Waals surface area contributed by atoms with Gasteiger partial charge in [0.15, 0.2) is 8.32 Å². The number of carbonyl (C=O) groups excluding carboxylic acids is 2. The van der Waals surface area contributed by atoms with E-state index in [4.69, 9.17) is 18.6 Å². The highest BCUT2D eigenvalue weighted by atomic mass is 28.4. The lowest BCUT2D eigenvalue weighted by molar-refractivity contribution is 0.0355. The lowest BCUT2D eigenvalue weighted by atomic mass is 9.91. The Morgan fingerprint density at radius 2 is 1.30 bits per heavy atom. The molecule has 0 radical (unpaired) electrons. The number of hydrogen-bond acceptors (Lipinski definition) is 6. The molecule has 47 heavy (non-hydrogen) atoms. The molecule has 4 rings (SSSR count). The molecule has 1 saturated heterocycles. The van der Waals surface area contributed by atoms with Crippen LogP contribution in [0.3, 0.4) is 0 Å². The van der Waals surface area contributed by atoms with Gasteiger partial charge in [0.05, 0.1) is 37.9 Å². The second kappa shape index (κ2) is 15.5. The summed E-state index contributed by atoms with van der Waals surface area (Å²) in [4.78, 5) is 29.5. The second-order valence-corrected chi connectivity index (χ2v) is 19.6. The first kappa shape index (κ1) is 36.2. The Balaban J connectivity index is 1.76. The molecule has 1 fully saturated rings. The van der Waals surface area contributed by atoms with Crippen molar-refractivity contribution in [3.8, 4) is 0 Å². The Labute approximate surface area is 281 Å². The van der Waals surface area contributed by atoms with Gasteiger partial charge in [0.25, 0.3) is 0 Å². The van der Waals surface area contributed by atoms with Gasteiger partial charge in [0.2, 0.25) is 0 Å². The van der Waals surface area contributed by atoms with E-state index in [1.165, 1.54) is 0 Å². The number of amides is 2. The molecule has 3 aromatic carbocycles. The van der Waals surface area contributed by atoms with Gasteiger partial charge in [-0.05, 0) is 55.6 Å². The fraction of sp³-hybridized carbons (Fsp3) is 0.474. The van der Waals surface area contributed by atoms with Crippen molar-refractivity contribution >= 4 is 20.5 Å². The summed E-state index contributed by atoms with van der Waals surface area (Å²) in [7, 11) is -2.24. The molecule has 0 aliphatic carbocycles. The Kier molecular flexibility index (Phi) is 11.9. The number of alkyl carbamates (subject to hydrolysis) is 1. The van der Waals surface area contributed by atoms with Gasteiger partial charge >= 0.3 is 12.2 Å². The fourth-order valence-electron chi connectivity index (χ4n) is 5.57. The summed E-state index contributed by atoms with van der Waals surface area (Å²) < 4.78 is 25.0. The van der Waals surface area contributed by atoms with Gasteiger partial charge in [-0.2, -0.15) is 0 Å². The first-order valence-corrected chi connectivity index (χ1v) is 19.4. The van der Waals surface area contributed by atoms with Crippen LogP contribution in [0.4, 0.5) is 9.59 Å². The summed E-state index contributed by atoms with van der Waals surface area (Å²) in [6, 6.07) is 27.8. The molecule has 1 heterocycles. The van der Waals surface area contributed by atoms with Crippen LogP contribution in [0, 0.1) is 5.92 Å². The minimum absolute atomic E-state index is 0.0451. The lowest BCUT2D eigenvalue weighted by Gasteiger charge is -2.39. The molecule has 0 spiro atoms. The summed E-state index contributed by atoms with van der Waals surface area (Å²) in [5.41, 5.74) is 2.09. The normalized spacial score (nSPS) is 20.1. The molecule has 3 aromatic rings. The maximum absolute atomic E-state index is 14.3. The Hall–Kier alpha value is -3.66. The zero-order valence-electron chi connectivity index (χ0n) is 29.2. The molecule has 1 aliphatic rings. The third-order valence-corrected chi connectivity index (χ3v) is 13.5. The summed E-state index contributed by atoms with van der Waals surface area (Å²) >= 11 is 0. The lowest BCUT2D eigenvalue weighted by Crippen LogP contribution is -2.48. The zero-order valence-corrected chi connectivity index (χ0v) is 30.2. The standard InChI is InChI=1S/C38H52N2O6Si/c1-37(2,3)46-35(41)39-33-31(26-43-24-28-18-12-9-13-19-28)32(27-45-47(7,8)38(4,5)6)40(34(33)30-22-16-11-17-23-30)36(42)44-25-29-20-14-10-15-21-29/h9-23,31-34H,24-27H2,1-8H3,(H,39,41)/t31-,32-,33+,34+/m1/s1. The highest BCUT2D eigenvalue weighted by Gasteiger charge is 2.54. The van der Waals surface area contributed by atoms with E-state index >= 15 is 0 Å². The molecule has 0 unspecified atom stereocenters. The number of benzene rings is 3. The van der Waals surface area contributed by atoms with Crippen LogP contribution >= 0.6 is 0 Å². The molecule has 8 nitrogen and oxygen atoms in total. The summed E-state index contributed by atoms with van der Waals surface area (Å²) in [6.45, 7) is 17.5. The first-order valence-electron chi connectivity index (χ1n) is 16.5. The molecule has 9 heteroatoms. The molecule has 1 N–H and O–H groups in total. The fourth-order valence-corrected chi connectivity index (χ4v) is 6.59. The van der Waals surface area contributed by atoms with E-state index in [2.05, 4.69) is 39.2 Å². The minimum atomic E-state index is -2.24. The van der Waals surface area contributed by atoms with Gasteiger partial charge < -0.3 is 24.0 Å². The molecule has 2 amide bonds. The zero-order chi connectivity index (χ0) is 34.2. The quantitative estimate of drug-likeness (QED) is 0.208. The van der Waals surface area contributed by atoms with Crippen molar-refractivity contribution in [2.75, 3.05) is 13.2 Å². The van der Waals surface area contributed by atoms with Crippen LogP contribution in [0.2, 0.25) is 18.1 Å². The third kappa shape index (κ3) is 9.92. The Morgan fingerprint density at radius 1 is 0.766 bits per heavy atom. The van der Waals surface area contributed by atoms with E-state index in [0.717, 1.165) is 16.7 Å². The van der Waals surface area contributed by atoms with E-state index in [9.17, 15) is 9.59 Å². The molecule has 254 valence electrons. The number of nitrogens with zero attached hydrogens (tertiary/aromatic N) is 1. The predicted molar refractivity (Wildman–Crippen MR) is 187 cm³/mol. The average Bonchev–Trinajstić information content (AvgIpc) is 3.31. The maximum Gasteiger partial charge on any atom is 0.411 e. The van der Waals surface area contributed by atoms with Crippen molar-refractivity contribution in [1.29, 1.82) is 0 Å². The number of likely N-dealkylation sites (tertiary alicyclic amines) is 1. The number of nitrogens with one attached hydrogen (secondary N) is 1. The molecule has 0 bridgehead atoms. The van der Waals surface area contributed by atoms with Crippen molar-refractivity contribution in [2.24, 2.45) is 5.92 Å². The third-order valence-electron chi connectivity index (χ3n) is 9.04. The van der Waals surface area contributed by atoms with Crippen LogP contribution in [-0.4, -0.2) is 56.3 Å². The van der Waals surface area contributed by atoms with Crippen molar-refractivity contribution in [2.45, 2.75) is 96.6 Å². The van der Waals surface area contributed by atoms with Gasteiger partial charge in [0.1, 0.15) is 12.2 Å². The second-order valence-electron chi connectivity index (χ2n) is 14.8. The molecule has 0 saturated carbocycles. The van der Waals surface area contributed by atoms with E-state index in [-0.39, 0.29) is 30.8 Å². The van der Waals surface area contributed by atoms with Crippen LogP contribution in [0.25, 0.3) is 0 Å². The summed E-state index contributed by atoms with van der Waals surface area (Å²) in [5.74, 6) is -0.342. The van der Waals surface area contributed by atoms with Gasteiger partial charge in [0, 0.05) is 5.92 Å². The van der Waals surface area contributed by atoms with Crippen LogP contribution in [0.1, 0.15) is 64.3 Å². The maximum atomic E-state index is 14.3. The molecule has 0 aromatic heterocycles. The van der Waals surface area contributed by atoms with Crippen molar-refractivity contribution in [3.63, 3.8) is 0 Å². The van der Waals surface area contributed by atoms with Crippen LogP contribution < -0.4 is 5.32 Å². The highest BCUT2D eigenvalue weighted by Crippen LogP contribution is 2.43. The smallest absolute Gasteiger partial charge is 0.411 e. The van der Waals surface area contributed by atoms with Gasteiger partial charge in [-0.1, -0.05) is 112 Å². The molecular formula is C38H52N2O6Si. The SMILES string of the molecule is CC(C)(C)OC(=O)N[C@H]1[C@H](COCc2ccccc2)[C@@H](CO[Si](C)(C)C(C)(C)C)N(C(=O)OCc2ccccc2)[C@H]1c1ccccc1. The number of ether oxygens (including phenoxy) is 3. The number of carbonyl (C=O) groups is 2. The van der Waals surface area contributed by atoms with Crippen LogP contribution in [0.15, 0.2) is 91.0 Å². The number of rotatable bonds is 11. The van der Waals surface area contributed by atoms with Gasteiger partial charge in [-0.3, -0.25) is 4.90 Å². The van der Waals surface area contributed by atoms with Crippen LogP contribution in [-0.2, 0) is 31.9 Å². The molecule has 4 atom stereocenters. The minimum Gasteiger partial charge on any atom is -0.445 e. The monoisotopic (exact) mass is 660 g/mol. The molecular weight excluding hydrogens is 609 g/mol. The van der Waals surface area contributed by atoms with Gasteiger partial charge in [-0.15, -0.1) is 0 Å². The number of hydrogen-bond donors (Lipinski definition) is 1. The summed E-state index contributed by atoms with van der Waals surface area (Å²) in [6.07, 6.45) is -1.03. The average molecular weight is 661 g/mol. The predicted octanol–water partition coefficient (Wildman–Crippen LogP) is 8.50. The Bertz CT molecular complexity index is 1420. The Morgan fingerprint density at radius 3 is 1.83 bits per heavy atom. The van der Waals surface area contributed by atoms with Crippen molar-refractivity contribution < 1.29 is 28.2 Å². The molecule has 1 aliphatic heterocycles. The highest BCUT2D eigenvalue weighted by molar-refractivity contribution is 6.74. The summed E-state index contributed by atoms with van der Waals surface area (Å²) in [5, 5.41) is 3.12. The van der Waals surface area contributed by atoms with E-state index in [1.54, 1.807) is 4.90 Å². The largest absolute Gasteiger partial charge is 0.445 e. The first-order chi connectivity index (χ1) is 22.2. The van der Waals surface area contributed by atoms with E-state index in [0.29, 0.717) is 6.61 Å². The van der Waals surface area contributed by atoms with Crippen molar-refractivity contribution in [3.05, 3.63) is 108 Å². The topological polar surface area (TPSA) is 86.3 Å². The van der Waals surface area contributed by atoms with E-state index < -0.39 is 44.2 Å². The van der Waals surface area contributed by atoms with Crippen LogP contribution in [0.5, 0.6) is 0 Å². The van der Waals surface area contributed by atoms with Gasteiger partial charge in [-0.25, -0.2) is 9.59 Å². The van der Waals surface area contributed by atoms with Crippen molar-refractivity contribution in [1.82, 2.24) is 10.2 Å². The van der Waals surface area contributed by atoms with E-state index in [1.807, 2.05) is 112 Å².